The van der Waals surface area contributed by atoms with E-state index in [0.717, 1.165) is 33.4 Å². The molecule has 0 bridgehead atoms. The van der Waals surface area contributed by atoms with Gasteiger partial charge in [-0.25, -0.2) is 9.59 Å². The normalized spacial score (nSPS) is 13.1. The summed E-state index contributed by atoms with van der Waals surface area (Å²) in [5.41, 5.74) is 6.06. The van der Waals surface area contributed by atoms with Crippen molar-refractivity contribution in [2.24, 2.45) is 0 Å². The van der Waals surface area contributed by atoms with E-state index in [1.165, 1.54) is 0 Å². The molecule has 0 radical (unpaired) electrons. The summed E-state index contributed by atoms with van der Waals surface area (Å²) in [4.78, 5) is 24.6. The van der Waals surface area contributed by atoms with Crippen LogP contribution in [0.5, 0.6) is 0 Å². The Kier molecular flexibility index (Phi) is 7.76. The molecular weight excluding hydrogens is 498 g/mol. The fourth-order valence-corrected chi connectivity index (χ4v) is 5.00. The van der Waals surface area contributed by atoms with E-state index in [9.17, 15) is 14.7 Å². The number of alkyl carbamates (subject to hydrolysis) is 1. The SMILES string of the molecule is COC(OC)c1ccc(-c2ccc(CC(NC(=O)OCC3c4ccccc4-c4ccccc43)C(=O)O)o2)cc1. The minimum absolute atomic E-state index is 0.0347. The van der Waals surface area contributed by atoms with Crippen LogP contribution in [-0.4, -0.2) is 44.0 Å². The number of carbonyl (C=O) groups excluding carboxylic acids is 1. The lowest BCUT2D eigenvalue weighted by Crippen LogP contribution is -2.42. The van der Waals surface area contributed by atoms with Gasteiger partial charge < -0.3 is 29.1 Å². The molecule has 0 saturated heterocycles. The summed E-state index contributed by atoms with van der Waals surface area (Å²) in [6.07, 6.45) is -1.29. The van der Waals surface area contributed by atoms with Gasteiger partial charge in [0.05, 0.1) is 0 Å². The Hall–Kier alpha value is -4.40. The quantitative estimate of drug-likeness (QED) is 0.252. The molecule has 1 atom stereocenters. The Labute approximate surface area is 226 Å². The molecule has 0 spiro atoms. The van der Waals surface area contributed by atoms with E-state index in [1.54, 1.807) is 26.4 Å². The average molecular weight is 528 g/mol. The number of benzene rings is 3. The Balaban J connectivity index is 1.21. The lowest BCUT2D eigenvalue weighted by Gasteiger charge is -2.17. The highest BCUT2D eigenvalue weighted by molar-refractivity contribution is 5.81. The highest BCUT2D eigenvalue weighted by Crippen LogP contribution is 2.44. The van der Waals surface area contributed by atoms with E-state index < -0.39 is 24.4 Å². The van der Waals surface area contributed by atoms with Crippen molar-refractivity contribution in [3.05, 3.63) is 107 Å². The molecule has 0 saturated carbocycles. The van der Waals surface area contributed by atoms with Crippen molar-refractivity contribution in [1.29, 1.82) is 0 Å². The third kappa shape index (κ3) is 5.57. The van der Waals surface area contributed by atoms with Gasteiger partial charge in [0.15, 0.2) is 6.29 Å². The van der Waals surface area contributed by atoms with E-state index in [1.807, 2.05) is 60.7 Å². The Morgan fingerprint density at radius 1 is 0.872 bits per heavy atom. The number of rotatable bonds is 10. The third-order valence-corrected chi connectivity index (χ3v) is 6.90. The van der Waals surface area contributed by atoms with Gasteiger partial charge in [-0.1, -0.05) is 72.8 Å². The highest BCUT2D eigenvalue weighted by atomic mass is 16.7. The number of amides is 1. The maximum atomic E-state index is 12.6. The molecule has 1 heterocycles. The monoisotopic (exact) mass is 527 g/mol. The van der Waals surface area contributed by atoms with Crippen LogP contribution in [0.15, 0.2) is 89.3 Å². The number of carboxylic acid groups (broad SMARTS) is 1. The summed E-state index contributed by atoms with van der Waals surface area (Å²) in [6, 6.07) is 25.8. The molecule has 1 aliphatic carbocycles. The molecule has 1 aromatic heterocycles. The standard InChI is InChI=1S/C31H29NO7/c1-36-30(37-2)20-13-11-19(12-14-20)28-16-15-21(39-28)17-27(29(33)34)32-31(35)38-18-26-24-9-5-3-7-22(24)23-8-4-6-10-25(23)26/h3-16,26-27,30H,17-18H2,1-2H3,(H,32,35)(H,33,34). The van der Waals surface area contributed by atoms with Gasteiger partial charge in [0, 0.05) is 37.7 Å². The second-order valence-corrected chi connectivity index (χ2v) is 9.26. The number of aliphatic carboxylic acids is 1. The Morgan fingerprint density at radius 2 is 1.49 bits per heavy atom. The number of carbonyl (C=O) groups is 2. The van der Waals surface area contributed by atoms with Crippen molar-refractivity contribution in [3.8, 4) is 22.5 Å². The number of fused-ring (bicyclic) bond motifs is 3. The van der Waals surface area contributed by atoms with Crippen LogP contribution in [0.3, 0.4) is 0 Å². The van der Waals surface area contributed by atoms with Crippen molar-refractivity contribution in [1.82, 2.24) is 5.32 Å². The maximum absolute atomic E-state index is 12.6. The van der Waals surface area contributed by atoms with Crippen LogP contribution in [0.1, 0.15) is 34.7 Å². The van der Waals surface area contributed by atoms with Crippen LogP contribution in [0.2, 0.25) is 0 Å². The third-order valence-electron chi connectivity index (χ3n) is 6.90. The zero-order chi connectivity index (χ0) is 27.4. The number of methoxy groups -OCH3 is 2. The smallest absolute Gasteiger partial charge is 0.407 e. The number of ether oxygens (including phenoxy) is 3. The first-order valence-corrected chi connectivity index (χ1v) is 12.6. The zero-order valence-electron chi connectivity index (χ0n) is 21.6. The molecule has 8 heteroatoms. The van der Waals surface area contributed by atoms with Gasteiger partial charge in [0.1, 0.15) is 24.2 Å². The predicted molar refractivity (Wildman–Crippen MR) is 144 cm³/mol. The Bertz CT molecular complexity index is 1410. The van der Waals surface area contributed by atoms with E-state index in [4.69, 9.17) is 18.6 Å². The molecule has 1 unspecified atom stereocenters. The van der Waals surface area contributed by atoms with Crippen LogP contribution in [0, 0.1) is 0 Å². The zero-order valence-corrected chi connectivity index (χ0v) is 21.6. The van der Waals surface area contributed by atoms with Crippen molar-refractivity contribution in [3.63, 3.8) is 0 Å². The topological polar surface area (TPSA) is 107 Å². The average Bonchev–Trinajstić information content (AvgIpc) is 3.55. The van der Waals surface area contributed by atoms with Crippen LogP contribution in [-0.2, 0) is 25.4 Å². The number of hydrogen-bond acceptors (Lipinski definition) is 6. The number of hydrogen-bond donors (Lipinski definition) is 2. The maximum Gasteiger partial charge on any atom is 0.407 e. The van der Waals surface area contributed by atoms with Gasteiger partial charge in [-0.05, 0) is 34.4 Å². The van der Waals surface area contributed by atoms with Crippen molar-refractivity contribution in [2.45, 2.75) is 24.7 Å². The second kappa shape index (κ2) is 11.6. The van der Waals surface area contributed by atoms with Gasteiger partial charge in [0.2, 0.25) is 0 Å². The summed E-state index contributed by atoms with van der Waals surface area (Å²) in [7, 11) is 3.13. The molecule has 200 valence electrons. The van der Waals surface area contributed by atoms with E-state index in [0.29, 0.717) is 11.5 Å². The first-order chi connectivity index (χ1) is 19.0. The summed E-state index contributed by atoms with van der Waals surface area (Å²) < 4.78 is 21.9. The molecule has 4 aromatic rings. The number of furan rings is 1. The largest absolute Gasteiger partial charge is 0.480 e. The molecule has 39 heavy (non-hydrogen) atoms. The first kappa shape index (κ1) is 26.2. The summed E-state index contributed by atoms with van der Waals surface area (Å²) in [5, 5.41) is 12.2. The summed E-state index contributed by atoms with van der Waals surface area (Å²) >= 11 is 0. The molecular formula is C31H29NO7. The lowest BCUT2D eigenvalue weighted by molar-refractivity contribution is -0.139. The van der Waals surface area contributed by atoms with Crippen LogP contribution in [0.25, 0.3) is 22.5 Å². The van der Waals surface area contributed by atoms with Crippen molar-refractivity contribution in [2.75, 3.05) is 20.8 Å². The summed E-state index contributed by atoms with van der Waals surface area (Å²) in [5.74, 6) is -0.301. The minimum atomic E-state index is -1.22. The fraction of sp³-hybridized carbons (Fsp3) is 0.226. The minimum Gasteiger partial charge on any atom is -0.480 e. The van der Waals surface area contributed by atoms with Crippen LogP contribution in [0.4, 0.5) is 4.79 Å². The molecule has 0 aliphatic heterocycles. The molecule has 1 amide bonds. The molecule has 1 aliphatic rings. The highest BCUT2D eigenvalue weighted by Gasteiger charge is 2.30. The lowest BCUT2D eigenvalue weighted by atomic mass is 9.98. The molecule has 8 nitrogen and oxygen atoms in total. The first-order valence-electron chi connectivity index (χ1n) is 12.6. The predicted octanol–water partition coefficient (Wildman–Crippen LogP) is 5.77. The molecule has 2 N–H and O–H groups in total. The van der Waals surface area contributed by atoms with E-state index >= 15 is 0 Å². The van der Waals surface area contributed by atoms with Gasteiger partial charge in [-0.3, -0.25) is 0 Å². The second-order valence-electron chi connectivity index (χ2n) is 9.26. The van der Waals surface area contributed by atoms with E-state index in [-0.39, 0.29) is 18.9 Å². The molecule has 3 aromatic carbocycles. The fourth-order valence-electron chi connectivity index (χ4n) is 5.00. The number of carboxylic acids is 1. The molecule has 0 fully saturated rings. The van der Waals surface area contributed by atoms with Gasteiger partial charge in [-0.2, -0.15) is 0 Å². The van der Waals surface area contributed by atoms with Crippen LogP contribution < -0.4 is 5.32 Å². The van der Waals surface area contributed by atoms with Gasteiger partial charge >= 0.3 is 12.1 Å². The number of nitrogens with one attached hydrogen (secondary N) is 1. The van der Waals surface area contributed by atoms with Crippen molar-refractivity contribution >= 4 is 12.1 Å². The van der Waals surface area contributed by atoms with Gasteiger partial charge in [0.25, 0.3) is 0 Å². The molecule has 5 rings (SSSR count). The summed E-state index contributed by atoms with van der Waals surface area (Å²) in [6.45, 7) is 0.0973. The van der Waals surface area contributed by atoms with Gasteiger partial charge in [-0.15, -0.1) is 0 Å². The van der Waals surface area contributed by atoms with Crippen molar-refractivity contribution < 1.29 is 33.3 Å². The van der Waals surface area contributed by atoms with Crippen LogP contribution >= 0.6 is 0 Å². The Morgan fingerprint density at radius 3 is 2.08 bits per heavy atom. The van der Waals surface area contributed by atoms with E-state index in [2.05, 4.69) is 17.4 Å².